The maximum Gasteiger partial charge on any atom is 0.226 e. The van der Waals surface area contributed by atoms with Crippen LogP contribution in [-0.2, 0) is 6.54 Å². The Labute approximate surface area is 150 Å². The van der Waals surface area contributed by atoms with Crippen molar-refractivity contribution in [3.8, 4) is 0 Å². The highest BCUT2D eigenvalue weighted by Crippen LogP contribution is 2.24. The van der Waals surface area contributed by atoms with E-state index in [1.165, 1.54) is 5.56 Å². The summed E-state index contributed by atoms with van der Waals surface area (Å²) in [6, 6.07) is 8.18. The smallest absolute Gasteiger partial charge is 0.226 e. The molecule has 0 saturated heterocycles. The van der Waals surface area contributed by atoms with Crippen LogP contribution in [-0.4, -0.2) is 36.3 Å². The second kappa shape index (κ2) is 7.22. The molecular weight excluding hydrogens is 328 g/mol. The number of imidazole rings is 1. The Morgan fingerprint density at radius 2 is 2.04 bits per heavy atom. The number of rotatable bonds is 7. The molecule has 8 heteroatoms. The third-order valence-corrected chi connectivity index (χ3v) is 4.06. The molecule has 3 N–H and O–H groups in total. The van der Waals surface area contributed by atoms with E-state index in [4.69, 9.17) is 0 Å². The molecular formula is C18H20N8. The molecule has 0 unspecified atom stereocenters. The number of aryl methyl sites for hydroxylation is 2. The van der Waals surface area contributed by atoms with E-state index in [1.807, 2.05) is 29.2 Å². The fraction of sp³-hybridized carbons (Fsp3) is 0.222. The fourth-order valence-electron chi connectivity index (χ4n) is 2.66. The summed E-state index contributed by atoms with van der Waals surface area (Å²) in [5.41, 5.74) is 2.89. The van der Waals surface area contributed by atoms with E-state index in [0.29, 0.717) is 11.6 Å². The summed E-state index contributed by atoms with van der Waals surface area (Å²) >= 11 is 0. The number of hydrogen-bond donors (Lipinski definition) is 3. The van der Waals surface area contributed by atoms with Crippen molar-refractivity contribution in [1.82, 2.24) is 29.7 Å². The topological polar surface area (TPSA) is 96.3 Å². The molecule has 1 aromatic carbocycles. The average molecular weight is 348 g/mol. The Hall–Kier alpha value is -3.42. The molecule has 0 amide bonds. The molecule has 0 radical (unpaired) electrons. The second-order valence-electron chi connectivity index (χ2n) is 6.10. The molecule has 0 atom stereocenters. The number of anilines is 3. The van der Waals surface area contributed by atoms with Crippen LogP contribution in [0.4, 0.5) is 17.5 Å². The third kappa shape index (κ3) is 3.64. The van der Waals surface area contributed by atoms with Gasteiger partial charge in [0.2, 0.25) is 5.95 Å². The van der Waals surface area contributed by atoms with Crippen LogP contribution in [0.25, 0.3) is 11.0 Å². The molecule has 0 spiro atoms. The number of H-pyrrole nitrogens is 1. The maximum absolute atomic E-state index is 4.61. The van der Waals surface area contributed by atoms with Crippen LogP contribution in [0.3, 0.4) is 0 Å². The van der Waals surface area contributed by atoms with Crippen molar-refractivity contribution in [3.05, 3.63) is 54.7 Å². The molecule has 0 bridgehead atoms. The number of nitrogens with zero attached hydrogens (tertiary/aromatic N) is 5. The van der Waals surface area contributed by atoms with Gasteiger partial charge in [0.25, 0.3) is 0 Å². The van der Waals surface area contributed by atoms with Gasteiger partial charge in [0.1, 0.15) is 5.82 Å². The Balaban J connectivity index is 1.47. The van der Waals surface area contributed by atoms with Gasteiger partial charge in [-0.2, -0.15) is 15.1 Å². The molecule has 4 aromatic rings. The summed E-state index contributed by atoms with van der Waals surface area (Å²) < 4.78 is 2.05. The number of nitrogens with one attached hydrogen (secondary N) is 3. The van der Waals surface area contributed by atoms with Gasteiger partial charge in [-0.1, -0.05) is 17.7 Å². The fourth-order valence-corrected chi connectivity index (χ4v) is 2.66. The molecule has 132 valence electrons. The number of aromatic nitrogens is 6. The molecule has 4 rings (SSSR count). The predicted molar refractivity (Wildman–Crippen MR) is 101 cm³/mol. The lowest BCUT2D eigenvalue weighted by Crippen LogP contribution is -2.09. The molecule has 0 saturated carbocycles. The monoisotopic (exact) mass is 348 g/mol. The SMILES string of the molecule is Cc1ccc(Nc2nc(NCCCn3ccnc3)nc3[nH]ncc23)cc1. The van der Waals surface area contributed by atoms with Crippen LogP contribution in [0.15, 0.2) is 49.2 Å². The van der Waals surface area contributed by atoms with Crippen LogP contribution >= 0.6 is 0 Å². The van der Waals surface area contributed by atoms with E-state index in [9.17, 15) is 0 Å². The van der Waals surface area contributed by atoms with E-state index >= 15 is 0 Å². The molecule has 26 heavy (non-hydrogen) atoms. The van der Waals surface area contributed by atoms with E-state index in [1.54, 1.807) is 12.4 Å². The largest absolute Gasteiger partial charge is 0.354 e. The zero-order valence-corrected chi connectivity index (χ0v) is 14.5. The van der Waals surface area contributed by atoms with Crippen molar-refractivity contribution in [3.63, 3.8) is 0 Å². The normalized spacial score (nSPS) is 11.0. The Morgan fingerprint density at radius 3 is 2.85 bits per heavy atom. The van der Waals surface area contributed by atoms with Gasteiger partial charge < -0.3 is 15.2 Å². The first kappa shape index (κ1) is 16.1. The van der Waals surface area contributed by atoms with Gasteiger partial charge in [-0.05, 0) is 25.5 Å². The highest BCUT2D eigenvalue weighted by molar-refractivity contribution is 5.89. The van der Waals surface area contributed by atoms with Crippen LogP contribution in [0, 0.1) is 6.92 Å². The van der Waals surface area contributed by atoms with Crippen LogP contribution in [0.2, 0.25) is 0 Å². The summed E-state index contributed by atoms with van der Waals surface area (Å²) in [5.74, 6) is 1.30. The van der Waals surface area contributed by atoms with E-state index in [0.717, 1.165) is 36.4 Å². The van der Waals surface area contributed by atoms with Gasteiger partial charge in [-0.3, -0.25) is 5.10 Å². The Kier molecular flexibility index (Phi) is 4.46. The lowest BCUT2D eigenvalue weighted by atomic mass is 10.2. The van der Waals surface area contributed by atoms with Crippen LogP contribution in [0.1, 0.15) is 12.0 Å². The highest BCUT2D eigenvalue weighted by Gasteiger charge is 2.09. The summed E-state index contributed by atoms with van der Waals surface area (Å²) in [4.78, 5) is 13.1. The summed E-state index contributed by atoms with van der Waals surface area (Å²) in [6.07, 6.45) is 8.23. The molecule has 0 aliphatic carbocycles. The van der Waals surface area contributed by atoms with Crippen molar-refractivity contribution in [2.45, 2.75) is 19.9 Å². The van der Waals surface area contributed by atoms with E-state index < -0.39 is 0 Å². The zero-order chi connectivity index (χ0) is 17.8. The molecule has 3 heterocycles. The average Bonchev–Trinajstić information content (AvgIpc) is 3.32. The first-order chi connectivity index (χ1) is 12.8. The zero-order valence-electron chi connectivity index (χ0n) is 14.5. The van der Waals surface area contributed by atoms with E-state index in [2.05, 4.69) is 54.8 Å². The highest BCUT2D eigenvalue weighted by atomic mass is 15.2. The van der Waals surface area contributed by atoms with Crippen LogP contribution in [0.5, 0.6) is 0 Å². The van der Waals surface area contributed by atoms with Crippen molar-refractivity contribution in [2.75, 3.05) is 17.2 Å². The predicted octanol–water partition coefficient (Wildman–Crippen LogP) is 3.10. The first-order valence-electron chi connectivity index (χ1n) is 8.52. The minimum atomic E-state index is 0.571. The van der Waals surface area contributed by atoms with Gasteiger partial charge in [-0.25, -0.2) is 4.98 Å². The summed E-state index contributed by atoms with van der Waals surface area (Å²) in [7, 11) is 0. The second-order valence-corrected chi connectivity index (χ2v) is 6.10. The van der Waals surface area contributed by atoms with E-state index in [-0.39, 0.29) is 0 Å². The Bertz CT molecular complexity index is 972. The van der Waals surface area contributed by atoms with Crippen molar-refractivity contribution in [1.29, 1.82) is 0 Å². The minimum absolute atomic E-state index is 0.571. The van der Waals surface area contributed by atoms with Crippen molar-refractivity contribution in [2.24, 2.45) is 0 Å². The van der Waals surface area contributed by atoms with Crippen molar-refractivity contribution >= 4 is 28.5 Å². The van der Waals surface area contributed by atoms with Gasteiger partial charge in [0, 0.05) is 31.2 Å². The summed E-state index contributed by atoms with van der Waals surface area (Å²) in [5, 5.41) is 14.5. The molecule has 3 aromatic heterocycles. The number of fused-ring (bicyclic) bond motifs is 1. The van der Waals surface area contributed by atoms with Gasteiger partial charge in [-0.15, -0.1) is 0 Å². The lowest BCUT2D eigenvalue weighted by molar-refractivity contribution is 0.659. The third-order valence-electron chi connectivity index (χ3n) is 4.06. The van der Waals surface area contributed by atoms with Gasteiger partial charge >= 0.3 is 0 Å². The van der Waals surface area contributed by atoms with Gasteiger partial charge in [0.05, 0.1) is 17.9 Å². The molecule has 8 nitrogen and oxygen atoms in total. The Morgan fingerprint density at radius 1 is 1.15 bits per heavy atom. The standard InChI is InChI=1S/C18H20N8/c1-13-3-5-14(6-4-13)22-16-15-11-21-25-17(15)24-18(23-16)20-7-2-9-26-10-8-19-12-26/h3-6,8,10-12H,2,7,9H2,1H3,(H3,20,21,22,23,24,25). The molecule has 0 fully saturated rings. The quantitative estimate of drug-likeness (QED) is 0.444. The molecule has 0 aliphatic heterocycles. The number of aromatic amines is 1. The van der Waals surface area contributed by atoms with Gasteiger partial charge in [0.15, 0.2) is 5.65 Å². The first-order valence-corrected chi connectivity index (χ1v) is 8.52. The number of hydrogen-bond acceptors (Lipinski definition) is 6. The van der Waals surface area contributed by atoms with Crippen LogP contribution < -0.4 is 10.6 Å². The number of benzene rings is 1. The minimum Gasteiger partial charge on any atom is -0.354 e. The van der Waals surface area contributed by atoms with Crippen molar-refractivity contribution < 1.29 is 0 Å². The maximum atomic E-state index is 4.61. The molecule has 0 aliphatic rings. The lowest BCUT2D eigenvalue weighted by Gasteiger charge is -2.10. The summed E-state index contributed by atoms with van der Waals surface area (Å²) in [6.45, 7) is 3.73.